The van der Waals surface area contributed by atoms with Crippen LogP contribution in [0, 0.1) is 0 Å². The van der Waals surface area contributed by atoms with Crippen LogP contribution in [-0.2, 0) is 27.5 Å². The summed E-state index contributed by atoms with van der Waals surface area (Å²) < 4.78 is 21.9. The van der Waals surface area contributed by atoms with Crippen molar-refractivity contribution in [2.24, 2.45) is 0 Å². The zero-order chi connectivity index (χ0) is 31.5. The number of carbonyl (C=O) groups excluding carboxylic acids is 3. The molecule has 2 aromatic rings. The SMILES string of the molecule is CCCN1C(=O)[C@H](CCCCNC(=O)OCc2ccccc2)NC(=O)C12CCN(Cc1c(OC)cc(OC)cc1OC)CC2. The van der Waals surface area contributed by atoms with Gasteiger partial charge in [-0.15, -0.1) is 0 Å². The van der Waals surface area contributed by atoms with E-state index in [0.717, 1.165) is 17.5 Å². The molecule has 4 rings (SSSR count). The maximum absolute atomic E-state index is 13.7. The quantitative estimate of drug-likeness (QED) is 0.310. The fraction of sp³-hybridized carbons (Fsp3) is 0.545. The van der Waals surface area contributed by atoms with Gasteiger partial charge >= 0.3 is 6.09 Å². The van der Waals surface area contributed by atoms with Gasteiger partial charge in [0, 0.05) is 44.9 Å². The van der Waals surface area contributed by atoms with Gasteiger partial charge in [-0.3, -0.25) is 14.5 Å². The highest BCUT2D eigenvalue weighted by molar-refractivity contribution is 6.00. The number of nitrogens with one attached hydrogen (secondary N) is 2. The van der Waals surface area contributed by atoms with Gasteiger partial charge in [0.25, 0.3) is 0 Å². The number of alkyl carbamates (subject to hydrolysis) is 1. The lowest BCUT2D eigenvalue weighted by molar-refractivity contribution is -0.161. The first-order valence-electron chi connectivity index (χ1n) is 15.4. The van der Waals surface area contributed by atoms with E-state index in [1.165, 1.54) is 0 Å². The molecule has 0 aliphatic carbocycles. The standard InChI is InChI=1S/C33H46N4O7/c1-5-17-37-30(38)27(13-9-10-16-34-32(40)44-23-24-11-7-6-8-12-24)35-31(39)33(37)14-18-36(19-15-33)22-26-28(42-3)20-25(41-2)21-29(26)43-4/h6-8,11-12,20-21,27H,5,9-10,13-19,22-23H2,1-4H3,(H,34,40)(H,35,39)/t27-/m0/s1. The van der Waals surface area contributed by atoms with Crippen molar-refractivity contribution in [1.29, 1.82) is 0 Å². The minimum atomic E-state index is -0.849. The Kier molecular flexibility index (Phi) is 11.7. The molecule has 2 saturated heterocycles. The Morgan fingerprint density at radius 1 is 1.00 bits per heavy atom. The van der Waals surface area contributed by atoms with E-state index in [1.807, 2.05) is 54.3 Å². The molecule has 2 fully saturated rings. The Labute approximate surface area is 260 Å². The average molecular weight is 611 g/mol. The molecule has 2 aliphatic heterocycles. The van der Waals surface area contributed by atoms with E-state index in [4.69, 9.17) is 18.9 Å². The molecule has 0 unspecified atom stereocenters. The van der Waals surface area contributed by atoms with Gasteiger partial charge in [0.2, 0.25) is 11.8 Å². The number of likely N-dealkylation sites (tertiary alicyclic amines) is 1. The van der Waals surface area contributed by atoms with E-state index in [2.05, 4.69) is 15.5 Å². The second kappa shape index (κ2) is 15.7. The molecule has 0 bridgehead atoms. The molecule has 0 radical (unpaired) electrons. The van der Waals surface area contributed by atoms with E-state index in [9.17, 15) is 14.4 Å². The fourth-order valence-electron chi connectivity index (χ4n) is 6.09. The van der Waals surface area contributed by atoms with Crippen molar-refractivity contribution < 1.29 is 33.3 Å². The lowest BCUT2D eigenvalue weighted by Gasteiger charge is -2.51. The zero-order valence-corrected chi connectivity index (χ0v) is 26.4. The Morgan fingerprint density at radius 3 is 2.30 bits per heavy atom. The Morgan fingerprint density at radius 2 is 1.68 bits per heavy atom. The molecule has 44 heavy (non-hydrogen) atoms. The predicted molar refractivity (Wildman–Crippen MR) is 166 cm³/mol. The number of rotatable bonds is 14. The minimum absolute atomic E-state index is 0.0198. The van der Waals surface area contributed by atoms with E-state index in [0.29, 0.717) is 82.1 Å². The highest BCUT2D eigenvalue weighted by atomic mass is 16.5. The van der Waals surface area contributed by atoms with Crippen LogP contribution in [0.5, 0.6) is 17.2 Å². The van der Waals surface area contributed by atoms with Crippen molar-refractivity contribution in [3.05, 3.63) is 53.6 Å². The largest absolute Gasteiger partial charge is 0.496 e. The zero-order valence-electron chi connectivity index (χ0n) is 26.4. The van der Waals surface area contributed by atoms with Crippen LogP contribution in [0.15, 0.2) is 42.5 Å². The van der Waals surface area contributed by atoms with Crippen molar-refractivity contribution in [1.82, 2.24) is 20.4 Å². The maximum atomic E-state index is 13.7. The monoisotopic (exact) mass is 610 g/mol. The molecule has 0 saturated carbocycles. The van der Waals surface area contributed by atoms with E-state index in [1.54, 1.807) is 21.3 Å². The van der Waals surface area contributed by atoms with Crippen molar-refractivity contribution >= 4 is 17.9 Å². The third-order valence-electron chi connectivity index (χ3n) is 8.54. The van der Waals surface area contributed by atoms with Crippen LogP contribution in [0.3, 0.4) is 0 Å². The lowest BCUT2D eigenvalue weighted by Crippen LogP contribution is -2.72. The molecule has 2 N–H and O–H groups in total. The molecule has 3 amide bonds. The number of piperazine rings is 1. The highest BCUT2D eigenvalue weighted by Gasteiger charge is 2.53. The third-order valence-corrected chi connectivity index (χ3v) is 8.54. The summed E-state index contributed by atoms with van der Waals surface area (Å²) in [6, 6.07) is 12.6. The van der Waals surface area contributed by atoms with Crippen molar-refractivity contribution in [2.45, 2.75) is 70.2 Å². The molecule has 2 aliphatic rings. The summed E-state index contributed by atoms with van der Waals surface area (Å²) >= 11 is 0. The van der Waals surface area contributed by atoms with Crippen molar-refractivity contribution in [3.8, 4) is 17.2 Å². The summed E-state index contributed by atoms with van der Waals surface area (Å²) in [5.74, 6) is 1.93. The van der Waals surface area contributed by atoms with Gasteiger partial charge in [0.15, 0.2) is 0 Å². The molecule has 1 spiro atoms. The Hall–Kier alpha value is -3.99. The van der Waals surface area contributed by atoms with E-state index < -0.39 is 17.7 Å². The van der Waals surface area contributed by atoms with Crippen LogP contribution in [0.1, 0.15) is 56.6 Å². The van der Waals surface area contributed by atoms with Gasteiger partial charge in [-0.2, -0.15) is 0 Å². The number of carbonyl (C=O) groups is 3. The molecule has 240 valence electrons. The summed E-state index contributed by atoms with van der Waals surface area (Å²) in [5, 5.41) is 5.81. The van der Waals surface area contributed by atoms with Gasteiger partial charge in [0.1, 0.15) is 35.4 Å². The summed E-state index contributed by atoms with van der Waals surface area (Å²) in [6.45, 7) is 5.11. The Bertz CT molecular complexity index is 1240. The van der Waals surface area contributed by atoms with Crippen LogP contribution < -0.4 is 24.8 Å². The van der Waals surface area contributed by atoms with Crippen LogP contribution in [0.2, 0.25) is 0 Å². The van der Waals surface area contributed by atoms with Crippen molar-refractivity contribution in [2.75, 3.05) is 47.5 Å². The molecular formula is C33H46N4O7. The van der Waals surface area contributed by atoms with Crippen LogP contribution in [0.4, 0.5) is 4.79 Å². The van der Waals surface area contributed by atoms with Gasteiger partial charge in [0.05, 0.1) is 26.9 Å². The first-order chi connectivity index (χ1) is 21.3. The van der Waals surface area contributed by atoms with Gasteiger partial charge in [-0.05, 0) is 44.1 Å². The number of methoxy groups -OCH3 is 3. The summed E-state index contributed by atoms with van der Waals surface area (Å²) in [4.78, 5) is 43.5. The molecule has 1 atom stereocenters. The third kappa shape index (κ3) is 7.74. The van der Waals surface area contributed by atoms with Crippen molar-refractivity contribution in [3.63, 3.8) is 0 Å². The number of ether oxygens (including phenoxy) is 4. The molecule has 0 aromatic heterocycles. The van der Waals surface area contributed by atoms with Gasteiger partial charge in [-0.25, -0.2) is 4.79 Å². The number of hydrogen-bond donors (Lipinski definition) is 2. The van der Waals surface area contributed by atoms with Crippen LogP contribution in [-0.4, -0.2) is 86.8 Å². The average Bonchev–Trinajstić information content (AvgIpc) is 3.05. The number of hydrogen-bond acceptors (Lipinski definition) is 8. The summed E-state index contributed by atoms with van der Waals surface area (Å²) in [5.41, 5.74) is 0.991. The minimum Gasteiger partial charge on any atom is -0.496 e. The molecular weight excluding hydrogens is 564 g/mol. The topological polar surface area (TPSA) is 119 Å². The smallest absolute Gasteiger partial charge is 0.407 e. The van der Waals surface area contributed by atoms with Gasteiger partial charge in [-0.1, -0.05) is 37.3 Å². The first-order valence-corrected chi connectivity index (χ1v) is 15.4. The lowest BCUT2D eigenvalue weighted by atomic mass is 9.81. The van der Waals surface area contributed by atoms with Crippen LogP contribution in [0.25, 0.3) is 0 Å². The fourth-order valence-corrected chi connectivity index (χ4v) is 6.09. The number of piperidine rings is 1. The summed E-state index contributed by atoms with van der Waals surface area (Å²) in [6.07, 6.45) is 3.27. The predicted octanol–water partition coefficient (Wildman–Crippen LogP) is 3.88. The second-order valence-corrected chi connectivity index (χ2v) is 11.3. The van der Waals surface area contributed by atoms with E-state index >= 15 is 0 Å². The number of amides is 3. The number of unbranched alkanes of at least 4 members (excludes halogenated alkanes) is 1. The normalized spacial score (nSPS) is 18.1. The molecule has 2 aromatic carbocycles. The highest BCUT2D eigenvalue weighted by Crippen LogP contribution is 2.38. The number of benzene rings is 2. The van der Waals surface area contributed by atoms with Gasteiger partial charge < -0.3 is 34.5 Å². The maximum Gasteiger partial charge on any atom is 0.407 e. The van der Waals surface area contributed by atoms with Crippen LogP contribution >= 0.6 is 0 Å². The molecule has 11 heteroatoms. The summed E-state index contributed by atoms with van der Waals surface area (Å²) in [7, 11) is 4.85. The van der Waals surface area contributed by atoms with E-state index in [-0.39, 0.29) is 18.4 Å². The first kappa shape index (κ1) is 32.9. The second-order valence-electron chi connectivity index (χ2n) is 11.3. The molecule has 11 nitrogen and oxygen atoms in total. The molecule has 2 heterocycles. The Balaban J connectivity index is 1.29. The number of nitrogens with zero attached hydrogens (tertiary/aromatic N) is 2.